The SMILES string of the molecule is COc1ccccc1C[C@@H](C)NC(=O)C[C@H]1C(=O)N(C)c2ccccc21. The fourth-order valence-corrected chi connectivity index (χ4v) is 3.54. The number of ether oxygens (including phenoxy) is 1. The smallest absolute Gasteiger partial charge is 0.234 e. The second kappa shape index (κ2) is 7.60. The van der Waals surface area contributed by atoms with Crippen molar-refractivity contribution in [3.63, 3.8) is 0 Å². The lowest BCUT2D eigenvalue weighted by molar-refractivity contribution is -0.126. The summed E-state index contributed by atoms with van der Waals surface area (Å²) >= 11 is 0. The molecule has 1 N–H and O–H groups in total. The van der Waals surface area contributed by atoms with E-state index in [1.165, 1.54) is 0 Å². The summed E-state index contributed by atoms with van der Waals surface area (Å²) in [7, 11) is 3.39. The Labute approximate surface area is 154 Å². The van der Waals surface area contributed by atoms with Gasteiger partial charge in [0, 0.05) is 25.2 Å². The molecule has 3 rings (SSSR count). The van der Waals surface area contributed by atoms with E-state index in [0.29, 0.717) is 6.42 Å². The van der Waals surface area contributed by atoms with Gasteiger partial charge in [0.05, 0.1) is 13.0 Å². The third-order valence-electron chi connectivity index (χ3n) is 4.82. The fourth-order valence-electron chi connectivity index (χ4n) is 3.54. The number of nitrogens with one attached hydrogen (secondary N) is 1. The van der Waals surface area contributed by atoms with Crippen LogP contribution in [0.5, 0.6) is 5.75 Å². The molecule has 2 aromatic carbocycles. The van der Waals surface area contributed by atoms with Gasteiger partial charge in [-0.3, -0.25) is 9.59 Å². The number of amides is 2. The van der Waals surface area contributed by atoms with Crippen molar-refractivity contribution in [2.24, 2.45) is 0 Å². The quantitative estimate of drug-likeness (QED) is 0.870. The molecule has 26 heavy (non-hydrogen) atoms. The maximum Gasteiger partial charge on any atom is 0.234 e. The number of rotatable bonds is 6. The molecule has 0 spiro atoms. The zero-order chi connectivity index (χ0) is 18.7. The highest BCUT2D eigenvalue weighted by atomic mass is 16.5. The van der Waals surface area contributed by atoms with Crippen LogP contribution in [0, 0.1) is 0 Å². The first-order valence-electron chi connectivity index (χ1n) is 8.79. The van der Waals surface area contributed by atoms with Crippen molar-refractivity contribution in [1.82, 2.24) is 5.32 Å². The van der Waals surface area contributed by atoms with Gasteiger partial charge in [-0.2, -0.15) is 0 Å². The van der Waals surface area contributed by atoms with E-state index >= 15 is 0 Å². The van der Waals surface area contributed by atoms with Gasteiger partial charge in [0.25, 0.3) is 0 Å². The number of anilines is 1. The minimum Gasteiger partial charge on any atom is -0.496 e. The molecule has 0 radical (unpaired) electrons. The number of hydrogen-bond donors (Lipinski definition) is 1. The van der Waals surface area contributed by atoms with Crippen LogP contribution in [-0.2, 0) is 16.0 Å². The number of carbonyl (C=O) groups is 2. The second-order valence-electron chi connectivity index (χ2n) is 6.70. The van der Waals surface area contributed by atoms with E-state index < -0.39 is 5.92 Å². The predicted octanol–water partition coefficient (Wildman–Crippen LogP) is 2.89. The van der Waals surface area contributed by atoms with Gasteiger partial charge in [-0.25, -0.2) is 0 Å². The molecule has 1 heterocycles. The highest BCUT2D eigenvalue weighted by molar-refractivity contribution is 6.06. The van der Waals surface area contributed by atoms with E-state index in [1.54, 1.807) is 19.1 Å². The molecule has 0 saturated heterocycles. The number of benzene rings is 2. The maximum absolute atomic E-state index is 12.5. The Bertz CT molecular complexity index is 818. The minimum atomic E-state index is -0.408. The van der Waals surface area contributed by atoms with E-state index in [2.05, 4.69) is 5.32 Å². The average Bonchev–Trinajstić information content (AvgIpc) is 2.87. The Morgan fingerprint density at radius 1 is 1.19 bits per heavy atom. The van der Waals surface area contributed by atoms with E-state index in [0.717, 1.165) is 22.6 Å². The molecule has 0 aliphatic carbocycles. The second-order valence-corrected chi connectivity index (χ2v) is 6.70. The number of para-hydroxylation sites is 2. The zero-order valence-corrected chi connectivity index (χ0v) is 15.4. The summed E-state index contributed by atoms with van der Waals surface area (Å²) in [6.07, 6.45) is 0.835. The largest absolute Gasteiger partial charge is 0.496 e. The predicted molar refractivity (Wildman–Crippen MR) is 102 cm³/mol. The van der Waals surface area contributed by atoms with E-state index in [1.807, 2.05) is 55.5 Å². The highest BCUT2D eigenvalue weighted by Gasteiger charge is 2.36. The van der Waals surface area contributed by atoms with Gasteiger partial charge >= 0.3 is 0 Å². The first-order valence-corrected chi connectivity index (χ1v) is 8.79. The lowest BCUT2D eigenvalue weighted by atomic mass is 9.96. The Morgan fingerprint density at radius 2 is 1.88 bits per heavy atom. The molecule has 0 saturated carbocycles. The third-order valence-corrected chi connectivity index (χ3v) is 4.82. The third kappa shape index (κ3) is 3.57. The monoisotopic (exact) mass is 352 g/mol. The number of nitrogens with zero attached hydrogens (tertiary/aromatic N) is 1. The van der Waals surface area contributed by atoms with Crippen molar-refractivity contribution in [3.05, 3.63) is 59.7 Å². The lowest BCUT2D eigenvalue weighted by Crippen LogP contribution is -2.36. The molecule has 5 nitrogen and oxygen atoms in total. The Morgan fingerprint density at radius 3 is 2.65 bits per heavy atom. The minimum absolute atomic E-state index is 0.0290. The Kier molecular flexibility index (Phi) is 5.26. The molecular weight excluding hydrogens is 328 g/mol. The summed E-state index contributed by atoms with van der Waals surface area (Å²) in [5.74, 6) is 0.263. The lowest BCUT2D eigenvalue weighted by Gasteiger charge is -2.17. The summed E-state index contributed by atoms with van der Waals surface area (Å²) in [5.41, 5.74) is 2.86. The first kappa shape index (κ1) is 18.0. The summed E-state index contributed by atoms with van der Waals surface area (Å²) in [6.45, 7) is 1.96. The van der Waals surface area contributed by atoms with Crippen LogP contribution in [0.1, 0.15) is 30.4 Å². The van der Waals surface area contributed by atoms with E-state index in [4.69, 9.17) is 4.74 Å². The summed E-state index contributed by atoms with van der Waals surface area (Å²) in [4.78, 5) is 26.6. The van der Waals surface area contributed by atoms with Crippen molar-refractivity contribution < 1.29 is 14.3 Å². The first-order chi connectivity index (χ1) is 12.5. The van der Waals surface area contributed by atoms with Crippen molar-refractivity contribution in [2.75, 3.05) is 19.1 Å². The fraction of sp³-hybridized carbons (Fsp3) is 0.333. The van der Waals surface area contributed by atoms with Crippen molar-refractivity contribution in [1.29, 1.82) is 0 Å². The van der Waals surface area contributed by atoms with Crippen LogP contribution in [0.15, 0.2) is 48.5 Å². The van der Waals surface area contributed by atoms with Crippen molar-refractivity contribution in [3.8, 4) is 5.75 Å². The summed E-state index contributed by atoms with van der Waals surface area (Å²) in [6, 6.07) is 15.4. The maximum atomic E-state index is 12.5. The van der Waals surface area contributed by atoms with Crippen LogP contribution in [0.2, 0.25) is 0 Å². The number of likely N-dealkylation sites (N-methyl/N-ethyl adjacent to an activating group) is 1. The van der Waals surface area contributed by atoms with Crippen LogP contribution in [0.3, 0.4) is 0 Å². The van der Waals surface area contributed by atoms with Crippen molar-refractivity contribution >= 4 is 17.5 Å². The van der Waals surface area contributed by atoms with Gasteiger partial charge in [-0.05, 0) is 36.6 Å². The molecule has 0 aromatic heterocycles. The van der Waals surface area contributed by atoms with Gasteiger partial charge in [0.1, 0.15) is 5.75 Å². The topological polar surface area (TPSA) is 58.6 Å². The standard InChI is InChI=1S/C21H24N2O3/c1-14(12-15-8-4-7-11-19(15)26-3)22-20(24)13-17-16-9-5-6-10-18(16)23(2)21(17)25/h4-11,14,17H,12-13H2,1-3H3,(H,22,24)/t14-,17-/m1/s1. The summed E-state index contributed by atoms with van der Waals surface area (Å²) in [5, 5.41) is 3.01. The molecule has 0 fully saturated rings. The zero-order valence-electron chi connectivity index (χ0n) is 15.4. The van der Waals surface area contributed by atoms with Crippen LogP contribution in [0.25, 0.3) is 0 Å². The average molecular weight is 352 g/mol. The molecule has 0 unspecified atom stereocenters. The molecule has 5 heteroatoms. The molecule has 1 aliphatic heterocycles. The molecular formula is C21H24N2O3. The van der Waals surface area contributed by atoms with Crippen molar-refractivity contribution in [2.45, 2.75) is 31.7 Å². The number of fused-ring (bicyclic) bond motifs is 1. The van der Waals surface area contributed by atoms with Crippen LogP contribution in [0.4, 0.5) is 5.69 Å². The number of carbonyl (C=O) groups excluding carboxylic acids is 2. The van der Waals surface area contributed by atoms with Crippen LogP contribution >= 0.6 is 0 Å². The molecule has 2 atom stereocenters. The normalized spacial score (nSPS) is 17.0. The van der Waals surface area contributed by atoms with Gasteiger partial charge < -0.3 is 15.0 Å². The van der Waals surface area contributed by atoms with Crippen LogP contribution < -0.4 is 15.0 Å². The van der Waals surface area contributed by atoms with Crippen LogP contribution in [-0.4, -0.2) is 32.0 Å². The summed E-state index contributed by atoms with van der Waals surface area (Å²) < 4.78 is 5.36. The van der Waals surface area contributed by atoms with Gasteiger partial charge in [0.15, 0.2) is 0 Å². The Hall–Kier alpha value is -2.82. The highest BCUT2D eigenvalue weighted by Crippen LogP contribution is 2.37. The molecule has 1 aliphatic rings. The van der Waals surface area contributed by atoms with Gasteiger partial charge in [-0.15, -0.1) is 0 Å². The van der Waals surface area contributed by atoms with E-state index in [9.17, 15) is 9.59 Å². The molecule has 2 aromatic rings. The molecule has 2 amide bonds. The number of methoxy groups -OCH3 is 1. The van der Waals surface area contributed by atoms with Gasteiger partial charge in [-0.1, -0.05) is 36.4 Å². The van der Waals surface area contributed by atoms with Gasteiger partial charge in [0.2, 0.25) is 11.8 Å². The molecule has 0 bridgehead atoms. The Balaban J connectivity index is 1.63. The van der Waals surface area contributed by atoms with E-state index in [-0.39, 0.29) is 24.3 Å². The number of hydrogen-bond acceptors (Lipinski definition) is 3. The molecule has 136 valence electrons.